The van der Waals surface area contributed by atoms with Gasteiger partial charge in [0, 0.05) is 66.3 Å². The first-order valence-corrected chi connectivity index (χ1v) is 15.1. The minimum absolute atomic E-state index is 0.200. The van der Waals surface area contributed by atoms with Crippen LogP contribution in [-0.4, -0.2) is 54.0 Å². The molecule has 46 heavy (non-hydrogen) atoms. The molecule has 234 valence electrons. The van der Waals surface area contributed by atoms with E-state index in [1.54, 1.807) is 32.4 Å². The van der Waals surface area contributed by atoms with Gasteiger partial charge in [-0.1, -0.05) is 36.4 Å². The van der Waals surface area contributed by atoms with Crippen molar-refractivity contribution < 1.29 is 19.1 Å². The summed E-state index contributed by atoms with van der Waals surface area (Å²) in [5.74, 6) is -0.394. The van der Waals surface area contributed by atoms with Crippen LogP contribution in [0.15, 0.2) is 85.2 Å². The number of hydrogen-bond donors (Lipinski definition) is 4. The van der Waals surface area contributed by atoms with Crippen molar-refractivity contribution in [1.82, 2.24) is 25.5 Å². The number of nitrogens with one attached hydrogen (secondary N) is 4. The molecule has 3 heterocycles. The Kier molecular flexibility index (Phi) is 8.51. The molecule has 1 aliphatic heterocycles. The summed E-state index contributed by atoms with van der Waals surface area (Å²) in [4.78, 5) is 37.1. The van der Waals surface area contributed by atoms with Crippen LogP contribution in [0.1, 0.15) is 41.5 Å². The highest BCUT2D eigenvalue weighted by Gasteiger charge is 2.52. The van der Waals surface area contributed by atoms with E-state index in [2.05, 4.69) is 43.7 Å². The predicted molar refractivity (Wildman–Crippen MR) is 176 cm³/mol. The molecule has 3 aromatic carbocycles. The molecule has 0 radical (unpaired) electrons. The number of nitrogens with zero attached hydrogens (tertiary/aromatic N) is 2. The summed E-state index contributed by atoms with van der Waals surface area (Å²) in [5, 5.41) is 17.9. The number of amides is 2. The SMILES string of the molecule is COc1ccc(CNC(=O)C(c2c[nH]c3ccc(C#N)cc23)C(NC(C)=O)(c2c[nH]c3ccccc23)N2CC=CCC2)cc1OC. The molecular formula is C36H36N6O4. The second-order valence-electron chi connectivity index (χ2n) is 11.4. The molecule has 10 heteroatoms. The lowest BCUT2D eigenvalue weighted by Gasteiger charge is -2.49. The minimum atomic E-state index is -1.32. The van der Waals surface area contributed by atoms with Gasteiger partial charge in [0.15, 0.2) is 11.5 Å². The van der Waals surface area contributed by atoms with Crippen LogP contribution in [0.25, 0.3) is 21.8 Å². The molecule has 0 fully saturated rings. The number of nitriles is 1. The van der Waals surface area contributed by atoms with Gasteiger partial charge < -0.3 is 30.1 Å². The van der Waals surface area contributed by atoms with Gasteiger partial charge in [0.2, 0.25) is 11.8 Å². The molecule has 0 saturated carbocycles. The highest BCUT2D eigenvalue weighted by Crippen LogP contribution is 2.46. The van der Waals surface area contributed by atoms with Crippen molar-refractivity contribution in [3.63, 3.8) is 0 Å². The summed E-state index contributed by atoms with van der Waals surface area (Å²) < 4.78 is 10.9. The summed E-state index contributed by atoms with van der Waals surface area (Å²) >= 11 is 0. The van der Waals surface area contributed by atoms with E-state index in [4.69, 9.17) is 9.47 Å². The van der Waals surface area contributed by atoms with Crippen LogP contribution in [0.3, 0.4) is 0 Å². The fourth-order valence-electron chi connectivity index (χ4n) is 6.63. The molecule has 5 aromatic rings. The summed E-state index contributed by atoms with van der Waals surface area (Å²) in [7, 11) is 3.14. The fraction of sp³-hybridized carbons (Fsp3) is 0.250. The quantitative estimate of drug-likeness (QED) is 0.160. The van der Waals surface area contributed by atoms with Crippen LogP contribution < -0.4 is 20.1 Å². The lowest BCUT2D eigenvalue weighted by atomic mass is 9.77. The Balaban J connectivity index is 1.58. The number of aromatic nitrogens is 2. The van der Waals surface area contributed by atoms with Gasteiger partial charge in [-0.15, -0.1) is 0 Å². The molecule has 0 bridgehead atoms. The van der Waals surface area contributed by atoms with Gasteiger partial charge >= 0.3 is 0 Å². The number of hydrogen-bond acceptors (Lipinski definition) is 6. The molecule has 2 atom stereocenters. The third kappa shape index (κ3) is 5.46. The van der Waals surface area contributed by atoms with E-state index in [-0.39, 0.29) is 18.4 Å². The zero-order valence-corrected chi connectivity index (χ0v) is 26.0. The van der Waals surface area contributed by atoms with Crippen LogP contribution in [-0.2, 0) is 21.8 Å². The van der Waals surface area contributed by atoms with Crippen LogP contribution in [0.2, 0.25) is 0 Å². The van der Waals surface area contributed by atoms with Gasteiger partial charge in [0.1, 0.15) is 11.6 Å². The Labute approximate surface area is 267 Å². The number of carbonyl (C=O) groups excluding carboxylic acids is 2. The molecule has 0 aliphatic carbocycles. The monoisotopic (exact) mass is 616 g/mol. The molecule has 0 saturated heterocycles. The third-order valence-corrected chi connectivity index (χ3v) is 8.67. The Morgan fingerprint density at radius 3 is 2.50 bits per heavy atom. The fourth-order valence-corrected chi connectivity index (χ4v) is 6.63. The van der Waals surface area contributed by atoms with E-state index in [9.17, 15) is 14.9 Å². The maximum atomic E-state index is 14.9. The summed E-state index contributed by atoms with van der Waals surface area (Å²) in [6, 6.07) is 21.0. The molecule has 10 nitrogen and oxygen atoms in total. The number of para-hydroxylation sites is 1. The van der Waals surface area contributed by atoms with E-state index < -0.39 is 11.6 Å². The normalized spacial score (nSPS) is 15.2. The number of carbonyl (C=O) groups is 2. The summed E-state index contributed by atoms with van der Waals surface area (Å²) in [6.07, 6.45) is 8.63. The van der Waals surface area contributed by atoms with Crippen molar-refractivity contribution in [2.75, 3.05) is 27.3 Å². The average molecular weight is 617 g/mol. The van der Waals surface area contributed by atoms with Gasteiger partial charge in [0.25, 0.3) is 0 Å². The first-order valence-electron chi connectivity index (χ1n) is 15.1. The van der Waals surface area contributed by atoms with Crippen LogP contribution in [0.4, 0.5) is 0 Å². The van der Waals surface area contributed by atoms with Crippen LogP contribution >= 0.6 is 0 Å². The Morgan fingerprint density at radius 2 is 1.76 bits per heavy atom. The molecule has 1 aliphatic rings. The Morgan fingerprint density at radius 1 is 0.978 bits per heavy atom. The molecule has 2 unspecified atom stereocenters. The highest BCUT2D eigenvalue weighted by atomic mass is 16.5. The van der Waals surface area contributed by atoms with Crippen LogP contribution in [0.5, 0.6) is 11.5 Å². The largest absolute Gasteiger partial charge is 0.493 e. The number of ether oxygens (including phenoxy) is 2. The maximum Gasteiger partial charge on any atom is 0.232 e. The van der Waals surface area contributed by atoms with Gasteiger partial charge in [0.05, 0.1) is 25.9 Å². The molecule has 0 spiro atoms. The predicted octanol–water partition coefficient (Wildman–Crippen LogP) is 5.19. The number of fused-ring (bicyclic) bond motifs is 2. The number of rotatable bonds is 10. The standard InChI is InChI=1S/C36H36N6O4/c1-23(43)41-36(42-15-7-4-8-16-42,29-22-39-30-10-6-5-9-26(29)30)34(28-21-38-31-13-11-24(19-37)17-27(28)31)35(44)40-20-25-12-14-32(45-2)33(18-25)46-3/h4-7,9-14,17-18,21-22,34,38-39H,8,15-16,20H2,1-3H3,(H,40,44)(H,41,43). The van der Waals surface area contributed by atoms with Gasteiger partial charge in [-0.2, -0.15) is 5.26 Å². The van der Waals surface area contributed by atoms with E-state index in [1.165, 1.54) is 6.92 Å². The van der Waals surface area contributed by atoms with Crippen molar-refractivity contribution in [2.24, 2.45) is 0 Å². The van der Waals surface area contributed by atoms with Crippen LogP contribution in [0, 0.1) is 11.3 Å². The molecule has 2 aromatic heterocycles. The van der Waals surface area contributed by atoms with Crippen molar-refractivity contribution in [3.05, 3.63) is 107 Å². The van der Waals surface area contributed by atoms with Crippen molar-refractivity contribution in [1.29, 1.82) is 5.26 Å². The van der Waals surface area contributed by atoms with Gasteiger partial charge in [-0.3, -0.25) is 14.5 Å². The van der Waals surface area contributed by atoms with Crippen molar-refractivity contribution >= 4 is 33.6 Å². The summed E-state index contributed by atoms with van der Waals surface area (Å²) in [6.45, 7) is 2.78. The van der Waals surface area contributed by atoms with E-state index in [0.717, 1.165) is 39.4 Å². The van der Waals surface area contributed by atoms with Gasteiger partial charge in [-0.25, -0.2) is 0 Å². The minimum Gasteiger partial charge on any atom is -0.493 e. The lowest BCUT2D eigenvalue weighted by molar-refractivity contribution is -0.132. The zero-order valence-electron chi connectivity index (χ0n) is 26.0. The molecule has 2 amide bonds. The smallest absolute Gasteiger partial charge is 0.232 e. The Hall–Kier alpha value is -5.53. The first kappa shape index (κ1) is 30.5. The van der Waals surface area contributed by atoms with E-state index >= 15 is 0 Å². The molecule has 6 rings (SSSR count). The zero-order chi connectivity index (χ0) is 32.3. The number of methoxy groups -OCH3 is 2. The Bertz CT molecular complexity index is 1990. The van der Waals surface area contributed by atoms with E-state index in [0.29, 0.717) is 35.7 Å². The second kappa shape index (κ2) is 12.8. The van der Waals surface area contributed by atoms with Crippen molar-refractivity contribution in [2.45, 2.75) is 31.5 Å². The molecular weight excluding hydrogens is 580 g/mol. The maximum absolute atomic E-state index is 14.9. The highest BCUT2D eigenvalue weighted by molar-refractivity contribution is 5.96. The molecule has 4 N–H and O–H groups in total. The van der Waals surface area contributed by atoms with Crippen molar-refractivity contribution in [3.8, 4) is 17.6 Å². The number of H-pyrrole nitrogens is 2. The topological polar surface area (TPSA) is 135 Å². The first-order chi connectivity index (χ1) is 22.4. The second-order valence-corrected chi connectivity index (χ2v) is 11.4. The number of aromatic amines is 2. The summed E-state index contributed by atoms with van der Waals surface area (Å²) in [5.41, 5.74) is 3.05. The number of benzene rings is 3. The lowest BCUT2D eigenvalue weighted by Crippen LogP contribution is -2.64. The third-order valence-electron chi connectivity index (χ3n) is 8.67. The average Bonchev–Trinajstić information content (AvgIpc) is 3.71. The van der Waals surface area contributed by atoms with E-state index in [1.807, 2.05) is 54.9 Å². The van der Waals surface area contributed by atoms with Gasteiger partial charge in [-0.05, 0) is 53.9 Å².